The van der Waals surface area contributed by atoms with Crippen molar-refractivity contribution in [2.24, 2.45) is 5.92 Å². The Kier molecular flexibility index (Phi) is 3.49. The van der Waals surface area contributed by atoms with Crippen molar-refractivity contribution in [2.75, 3.05) is 18.6 Å². The van der Waals surface area contributed by atoms with Crippen LogP contribution < -0.4 is 5.32 Å². The van der Waals surface area contributed by atoms with E-state index in [0.29, 0.717) is 25.3 Å². The van der Waals surface area contributed by atoms with Crippen molar-refractivity contribution >= 4 is 15.7 Å². The van der Waals surface area contributed by atoms with Gasteiger partial charge in [-0.05, 0) is 18.8 Å². The van der Waals surface area contributed by atoms with Gasteiger partial charge in [-0.1, -0.05) is 0 Å². The van der Waals surface area contributed by atoms with E-state index in [1.54, 1.807) is 0 Å². The summed E-state index contributed by atoms with van der Waals surface area (Å²) in [6.45, 7) is 0.464. The van der Waals surface area contributed by atoms with E-state index in [0.717, 1.165) is 6.26 Å². The molecule has 0 radical (unpaired) electrons. The van der Waals surface area contributed by atoms with Crippen molar-refractivity contribution in [1.29, 1.82) is 0 Å². The van der Waals surface area contributed by atoms with E-state index >= 15 is 0 Å². The Morgan fingerprint density at radius 1 is 1.50 bits per heavy atom. The van der Waals surface area contributed by atoms with Crippen molar-refractivity contribution in [2.45, 2.75) is 18.9 Å². The molecule has 14 heavy (non-hydrogen) atoms. The molecule has 0 spiro atoms. The van der Waals surface area contributed by atoms with Crippen LogP contribution in [0.4, 0.5) is 0 Å². The average molecular weight is 221 g/mol. The molecule has 0 heterocycles. The first-order valence-electron chi connectivity index (χ1n) is 4.49. The summed E-state index contributed by atoms with van der Waals surface area (Å²) in [5, 5.41) is 11.5. The number of sulfone groups is 1. The molecule has 2 N–H and O–H groups in total. The minimum atomic E-state index is -3.23. The maximum atomic E-state index is 11.0. The van der Waals surface area contributed by atoms with Gasteiger partial charge in [0.2, 0.25) is 5.91 Å². The van der Waals surface area contributed by atoms with Crippen molar-refractivity contribution in [1.82, 2.24) is 5.32 Å². The number of aliphatic hydroxyl groups is 1. The molecule has 0 aliphatic heterocycles. The number of aliphatic hydroxyl groups excluding tert-OH is 1. The smallest absolute Gasteiger partial charge is 0.235 e. The fourth-order valence-electron chi connectivity index (χ4n) is 1.41. The van der Waals surface area contributed by atoms with Gasteiger partial charge in [-0.3, -0.25) is 4.79 Å². The van der Waals surface area contributed by atoms with E-state index in [1.807, 2.05) is 0 Å². The van der Waals surface area contributed by atoms with E-state index in [1.165, 1.54) is 0 Å². The van der Waals surface area contributed by atoms with Gasteiger partial charge in [-0.2, -0.15) is 0 Å². The van der Waals surface area contributed by atoms with Gasteiger partial charge in [0.25, 0.3) is 0 Å². The number of rotatable bonds is 4. The summed E-state index contributed by atoms with van der Waals surface area (Å²) in [5.74, 6) is -0.621. The van der Waals surface area contributed by atoms with Crippen LogP contribution in [0.2, 0.25) is 0 Å². The van der Waals surface area contributed by atoms with Crippen molar-refractivity contribution < 1.29 is 18.3 Å². The maximum Gasteiger partial charge on any atom is 0.235 e. The van der Waals surface area contributed by atoms with Gasteiger partial charge in [-0.25, -0.2) is 8.42 Å². The normalized spacial score (nSPS) is 26.7. The van der Waals surface area contributed by atoms with Crippen LogP contribution in [0.5, 0.6) is 0 Å². The van der Waals surface area contributed by atoms with Gasteiger partial charge < -0.3 is 10.4 Å². The first-order chi connectivity index (χ1) is 6.37. The second kappa shape index (κ2) is 4.27. The van der Waals surface area contributed by atoms with E-state index in [-0.39, 0.29) is 6.10 Å². The summed E-state index contributed by atoms with van der Waals surface area (Å²) in [5.41, 5.74) is 0. The summed E-state index contributed by atoms with van der Waals surface area (Å²) in [4.78, 5) is 11.0. The number of hydrogen-bond acceptors (Lipinski definition) is 4. The molecule has 82 valence electrons. The van der Waals surface area contributed by atoms with E-state index in [4.69, 9.17) is 5.11 Å². The molecular weight excluding hydrogens is 206 g/mol. The Morgan fingerprint density at radius 2 is 2.07 bits per heavy atom. The lowest BCUT2D eigenvalue weighted by Crippen LogP contribution is -2.40. The van der Waals surface area contributed by atoms with Crippen LogP contribution in [0.1, 0.15) is 12.8 Å². The predicted molar refractivity (Wildman–Crippen MR) is 51.5 cm³/mol. The summed E-state index contributed by atoms with van der Waals surface area (Å²) in [7, 11) is -3.23. The molecule has 0 unspecified atom stereocenters. The Bertz CT molecular complexity index is 305. The van der Waals surface area contributed by atoms with Crippen LogP contribution in [0.3, 0.4) is 0 Å². The van der Waals surface area contributed by atoms with E-state index < -0.39 is 21.5 Å². The molecule has 0 saturated heterocycles. The summed E-state index contributed by atoms with van der Waals surface area (Å²) >= 11 is 0. The minimum absolute atomic E-state index is 0.244. The zero-order chi connectivity index (χ0) is 10.8. The third-order valence-corrected chi connectivity index (χ3v) is 2.98. The first-order valence-corrected chi connectivity index (χ1v) is 6.55. The number of carbonyl (C=O) groups excluding carboxylic acids is 1. The van der Waals surface area contributed by atoms with Crippen LogP contribution in [0.25, 0.3) is 0 Å². The predicted octanol–water partition coefficient (Wildman–Crippen LogP) is -1.08. The molecule has 1 rings (SSSR count). The molecular formula is C8H15NO4S. The van der Waals surface area contributed by atoms with Gasteiger partial charge in [0.1, 0.15) is 5.75 Å². The zero-order valence-electron chi connectivity index (χ0n) is 8.06. The van der Waals surface area contributed by atoms with Gasteiger partial charge in [0, 0.05) is 12.8 Å². The molecule has 1 aliphatic carbocycles. The molecule has 1 aliphatic rings. The van der Waals surface area contributed by atoms with E-state index in [2.05, 4.69) is 5.32 Å². The van der Waals surface area contributed by atoms with Crippen molar-refractivity contribution in [3.63, 3.8) is 0 Å². The van der Waals surface area contributed by atoms with Crippen LogP contribution in [0.15, 0.2) is 0 Å². The lowest BCUT2D eigenvalue weighted by molar-refractivity contribution is -0.119. The van der Waals surface area contributed by atoms with E-state index in [9.17, 15) is 13.2 Å². The average Bonchev–Trinajstić information content (AvgIpc) is 1.92. The van der Waals surface area contributed by atoms with Crippen LogP contribution >= 0.6 is 0 Å². The molecule has 0 aromatic rings. The van der Waals surface area contributed by atoms with Crippen molar-refractivity contribution in [3.05, 3.63) is 0 Å². The number of nitrogens with one attached hydrogen (secondary N) is 1. The van der Waals surface area contributed by atoms with Gasteiger partial charge in [-0.15, -0.1) is 0 Å². The largest absolute Gasteiger partial charge is 0.393 e. The second-order valence-electron chi connectivity index (χ2n) is 3.87. The Balaban J connectivity index is 2.16. The highest BCUT2D eigenvalue weighted by molar-refractivity contribution is 7.91. The molecule has 0 bridgehead atoms. The molecule has 1 saturated carbocycles. The fraction of sp³-hybridized carbons (Fsp3) is 0.875. The molecule has 1 fully saturated rings. The second-order valence-corrected chi connectivity index (χ2v) is 6.01. The highest BCUT2D eigenvalue weighted by Gasteiger charge is 2.27. The first kappa shape index (κ1) is 11.5. The van der Waals surface area contributed by atoms with Crippen LogP contribution in [-0.4, -0.2) is 44.1 Å². The zero-order valence-corrected chi connectivity index (χ0v) is 8.88. The summed E-state index contributed by atoms with van der Waals surface area (Å²) in [6, 6.07) is 0. The minimum Gasteiger partial charge on any atom is -0.393 e. The van der Waals surface area contributed by atoms with Crippen LogP contribution in [-0.2, 0) is 14.6 Å². The van der Waals surface area contributed by atoms with Crippen LogP contribution in [0, 0.1) is 5.92 Å². The third-order valence-electron chi connectivity index (χ3n) is 2.19. The lowest BCUT2D eigenvalue weighted by atomic mass is 9.82. The Hall–Kier alpha value is -0.620. The molecule has 0 aromatic heterocycles. The number of amides is 1. The maximum absolute atomic E-state index is 11.0. The summed E-state index contributed by atoms with van der Waals surface area (Å²) in [6.07, 6.45) is 2.17. The van der Waals surface area contributed by atoms with Gasteiger partial charge in [0.05, 0.1) is 6.10 Å². The molecule has 0 aromatic carbocycles. The molecule has 0 atom stereocenters. The SMILES string of the molecule is CS(=O)(=O)CC(=O)NCC1CC(O)C1. The standard InChI is InChI=1S/C8H15NO4S/c1-14(12,13)5-8(11)9-4-6-2-7(10)3-6/h6-7,10H,2-5H2,1H3,(H,9,11). The number of carbonyl (C=O) groups is 1. The molecule has 6 heteroatoms. The third kappa shape index (κ3) is 4.06. The quantitative estimate of drug-likeness (QED) is 0.632. The monoisotopic (exact) mass is 221 g/mol. The Labute approximate surface area is 83.4 Å². The lowest BCUT2D eigenvalue weighted by Gasteiger charge is -2.31. The molecule has 5 nitrogen and oxygen atoms in total. The fourth-order valence-corrected chi connectivity index (χ4v) is 1.99. The van der Waals surface area contributed by atoms with Crippen molar-refractivity contribution in [3.8, 4) is 0 Å². The topological polar surface area (TPSA) is 83.5 Å². The molecule has 1 amide bonds. The highest BCUT2D eigenvalue weighted by atomic mass is 32.2. The summed E-state index contributed by atoms with van der Waals surface area (Å²) < 4.78 is 21.4. The van der Waals surface area contributed by atoms with Gasteiger partial charge >= 0.3 is 0 Å². The Morgan fingerprint density at radius 3 is 2.50 bits per heavy atom. The van der Waals surface area contributed by atoms with Gasteiger partial charge in [0.15, 0.2) is 9.84 Å². The number of hydrogen-bond donors (Lipinski definition) is 2. The highest BCUT2D eigenvalue weighted by Crippen LogP contribution is 2.25.